The monoisotopic (exact) mass is 263 g/mol. The molecule has 2 N–H and O–H groups in total. The Labute approximate surface area is 118 Å². The van der Waals surface area contributed by atoms with E-state index >= 15 is 0 Å². The average Bonchev–Trinajstić information content (AvgIpc) is 2.54. The van der Waals surface area contributed by atoms with Crippen LogP contribution in [0.4, 0.5) is 11.4 Å². The van der Waals surface area contributed by atoms with Crippen LogP contribution in [0, 0.1) is 0 Å². The fourth-order valence-electron chi connectivity index (χ4n) is 2.37. The van der Waals surface area contributed by atoms with Gasteiger partial charge in [-0.1, -0.05) is 30.3 Å². The third kappa shape index (κ3) is 2.24. The number of pyridine rings is 1. The van der Waals surface area contributed by atoms with Gasteiger partial charge < -0.3 is 10.6 Å². The highest BCUT2D eigenvalue weighted by Gasteiger charge is 2.08. The molecule has 0 amide bonds. The topological polar surface area (TPSA) is 42.1 Å². The molecule has 0 atom stereocenters. The minimum Gasteiger partial charge on any atom is -0.344 e. The minimum absolute atomic E-state index is 0.572. The molecule has 0 radical (unpaired) electrons. The van der Waals surface area contributed by atoms with Gasteiger partial charge in [0.1, 0.15) is 0 Å². The molecule has 3 rings (SSSR count). The first-order valence-corrected chi connectivity index (χ1v) is 6.66. The number of nitrogens with two attached hydrogens (primary N) is 1. The predicted molar refractivity (Wildman–Crippen MR) is 84.1 cm³/mol. The summed E-state index contributed by atoms with van der Waals surface area (Å²) in [6.45, 7) is 0.572. The van der Waals surface area contributed by atoms with Crippen molar-refractivity contribution in [3.8, 4) is 0 Å². The van der Waals surface area contributed by atoms with Crippen LogP contribution in [-0.2, 0) is 6.54 Å². The molecule has 0 saturated carbocycles. The lowest BCUT2D eigenvalue weighted by Crippen LogP contribution is -2.10. The maximum absolute atomic E-state index is 5.64. The van der Waals surface area contributed by atoms with Crippen molar-refractivity contribution in [2.45, 2.75) is 6.54 Å². The van der Waals surface area contributed by atoms with Crippen LogP contribution in [0.15, 0.2) is 60.8 Å². The molecule has 0 aliphatic carbocycles. The Morgan fingerprint density at radius 3 is 2.50 bits per heavy atom. The van der Waals surface area contributed by atoms with Gasteiger partial charge in [-0.25, -0.2) is 0 Å². The van der Waals surface area contributed by atoms with Gasteiger partial charge in [-0.2, -0.15) is 0 Å². The standard InChI is InChI=1S/C17H17N3/c1-20(14-8-6-13(12-18)7-9-14)17-10-11-19-16-5-3-2-4-15(16)17/h2-11H,12,18H2,1H3. The third-order valence-electron chi connectivity index (χ3n) is 3.55. The molecular formula is C17H17N3. The quantitative estimate of drug-likeness (QED) is 0.787. The van der Waals surface area contributed by atoms with E-state index in [4.69, 9.17) is 5.73 Å². The van der Waals surface area contributed by atoms with E-state index in [1.54, 1.807) is 0 Å². The van der Waals surface area contributed by atoms with E-state index < -0.39 is 0 Å². The van der Waals surface area contributed by atoms with Crippen LogP contribution >= 0.6 is 0 Å². The van der Waals surface area contributed by atoms with Crippen molar-refractivity contribution in [3.05, 3.63) is 66.4 Å². The number of anilines is 2. The second-order valence-electron chi connectivity index (χ2n) is 4.78. The van der Waals surface area contributed by atoms with Gasteiger partial charge in [0, 0.05) is 30.9 Å². The lowest BCUT2D eigenvalue weighted by Gasteiger charge is -2.21. The van der Waals surface area contributed by atoms with Crippen molar-refractivity contribution in [1.29, 1.82) is 0 Å². The van der Waals surface area contributed by atoms with Crippen LogP contribution in [0.1, 0.15) is 5.56 Å². The van der Waals surface area contributed by atoms with E-state index in [1.807, 2.05) is 30.5 Å². The summed E-state index contributed by atoms with van der Waals surface area (Å²) in [5, 5.41) is 1.15. The molecule has 100 valence electrons. The first-order valence-electron chi connectivity index (χ1n) is 6.66. The van der Waals surface area contributed by atoms with Crippen molar-refractivity contribution < 1.29 is 0 Å². The zero-order valence-corrected chi connectivity index (χ0v) is 11.5. The second kappa shape index (κ2) is 5.31. The molecule has 3 nitrogen and oxygen atoms in total. The lowest BCUT2D eigenvalue weighted by molar-refractivity contribution is 1.07. The number of rotatable bonds is 3. The van der Waals surface area contributed by atoms with Crippen LogP contribution in [-0.4, -0.2) is 12.0 Å². The van der Waals surface area contributed by atoms with E-state index in [1.165, 1.54) is 0 Å². The lowest BCUT2D eigenvalue weighted by atomic mass is 10.1. The summed E-state index contributed by atoms with van der Waals surface area (Å²) in [5.74, 6) is 0. The van der Waals surface area contributed by atoms with Crippen LogP contribution in [0.25, 0.3) is 10.9 Å². The fourth-order valence-corrected chi connectivity index (χ4v) is 2.37. The van der Waals surface area contributed by atoms with E-state index in [9.17, 15) is 0 Å². The van der Waals surface area contributed by atoms with Crippen molar-refractivity contribution >= 4 is 22.3 Å². The number of fused-ring (bicyclic) bond motifs is 1. The first-order chi connectivity index (χ1) is 9.79. The number of hydrogen-bond acceptors (Lipinski definition) is 3. The number of nitrogens with zero attached hydrogens (tertiary/aromatic N) is 2. The fraction of sp³-hybridized carbons (Fsp3) is 0.118. The molecular weight excluding hydrogens is 246 g/mol. The normalized spacial score (nSPS) is 10.7. The maximum Gasteiger partial charge on any atom is 0.0722 e. The van der Waals surface area contributed by atoms with E-state index in [-0.39, 0.29) is 0 Å². The average molecular weight is 263 g/mol. The molecule has 0 spiro atoms. The highest BCUT2D eigenvalue weighted by atomic mass is 15.1. The van der Waals surface area contributed by atoms with Gasteiger partial charge in [0.15, 0.2) is 0 Å². The molecule has 0 bridgehead atoms. The van der Waals surface area contributed by atoms with Gasteiger partial charge >= 0.3 is 0 Å². The van der Waals surface area contributed by atoms with Crippen LogP contribution in [0.2, 0.25) is 0 Å². The molecule has 0 fully saturated rings. The van der Waals surface area contributed by atoms with Gasteiger partial charge in [-0.3, -0.25) is 4.98 Å². The second-order valence-corrected chi connectivity index (χ2v) is 4.78. The van der Waals surface area contributed by atoms with Gasteiger partial charge in [0.25, 0.3) is 0 Å². The van der Waals surface area contributed by atoms with Crippen molar-refractivity contribution in [3.63, 3.8) is 0 Å². The molecule has 0 aliphatic heterocycles. The van der Waals surface area contributed by atoms with Crippen LogP contribution in [0.3, 0.4) is 0 Å². The Kier molecular flexibility index (Phi) is 3.35. The third-order valence-corrected chi connectivity index (χ3v) is 3.55. The molecule has 3 aromatic rings. The molecule has 20 heavy (non-hydrogen) atoms. The highest BCUT2D eigenvalue weighted by Crippen LogP contribution is 2.29. The Hall–Kier alpha value is -2.39. The first kappa shape index (κ1) is 12.6. The minimum atomic E-state index is 0.572. The van der Waals surface area contributed by atoms with E-state index in [0.717, 1.165) is 27.8 Å². The zero-order valence-electron chi connectivity index (χ0n) is 11.5. The van der Waals surface area contributed by atoms with Crippen molar-refractivity contribution in [2.24, 2.45) is 5.73 Å². The van der Waals surface area contributed by atoms with E-state index in [0.29, 0.717) is 6.54 Å². The molecule has 1 heterocycles. The smallest absolute Gasteiger partial charge is 0.0722 e. The largest absolute Gasteiger partial charge is 0.344 e. The Morgan fingerprint density at radius 1 is 1.00 bits per heavy atom. The Bertz CT molecular complexity index is 714. The van der Waals surface area contributed by atoms with Crippen LogP contribution in [0.5, 0.6) is 0 Å². The summed E-state index contributed by atoms with van der Waals surface area (Å²) in [4.78, 5) is 6.57. The number of hydrogen-bond donors (Lipinski definition) is 1. The molecule has 0 unspecified atom stereocenters. The summed E-state index contributed by atoms with van der Waals surface area (Å²) in [5.41, 5.74) is 10.1. The molecule has 2 aromatic carbocycles. The van der Waals surface area contributed by atoms with Gasteiger partial charge in [-0.05, 0) is 29.8 Å². The number of para-hydroxylation sites is 1. The molecule has 3 heteroatoms. The number of aromatic nitrogens is 1. The van der Waals surface area contributed by atoms with Gasteiger partial charge in [0.2, 0.25) is 0 Å². The summed E-state index contributed by atoms with van der Waals surface area (Å²) in [6, 6.07) is 18.5. The number of benzene rings is 2. The molecule has 0 saturated heterocycles. The van der Waals surface area contributed by atoms with Gasteiger partial charge in [0.05, 0.1) is 11.2 Å². The predicted octanol–water partition coefficient (Wildman–Crippen LogP) is 3.46. The summed E-state index contributed by atoms with van der Waals surface area (Å²) in [6.07, 6.45) is 1.85. The zero-order chi connectivity index (χ0) is 13.9. The summed E-state index contributed by atoms with van der Waals surface area (Å²) >= 11 is 0. The highest BCUT2D eigenvalue weighted by molar-refractivity contribution is 5.93. The van der Waals surface area contributed by atoms with Crippen molar-refractivity contribution in [2.75, 3.05) is 11.9 Å². The summed E-state index contributed by atoms with van der Waals surface area (Å²) in [7, 11) is 2.07. The molecule has 1 aromatic heterocycles. The maximum atomic E-state index is 5.64. The van der Waals surface area contributed by atoms with Crippen LogP contribution < -0.4 is 10.6 Å². The van der Waals surface area contributed by atoms with E-state index in [2.05, 4.69) is 47.3 Å². The SMILES string of the molecule is CN(c1ccc(CN)cc1)c1ccnc2ccccc12. The van der Waals surface area contributed by atoms with Gasteiger partial charge in [-0.15, -0.1) is 0 Å². The molecule has 0 aliphatic rings. The summed E-state index contributed by atoms with van der Waals surface area (Å²) < 4.78 is 0. The van der Waals surface area contributed by atoms with Crippen molar-refractivity contribution in [1.82, 2.24) is 4.98 Å². The Balaban J connectivity index is 2.05. The Morgan fingerprint density at radius 2 is 1.75 bits per heavy atom.